The fourth-order valence-electron chi connectivity index (χ4n) is 2.29. The maximum absolute atomic E-state index is 5.95. The van der Waals surface area contributed by atoms with Gasteiger partial charge < -0.3 is 14.8 Å². The summed E-state index contributed by atoms with van der Waals surface area (Å²) in [5.74, 6) is 2.36. The summed E-state index contributed by atoms with van der Waals surface area (Å²) < 4.78 is 12.4. The minimum absolute atomic E-state index is 0.720. The minimum atomic E-state index is 0.720. The largest absolute Gasteiger partial charge is 0.493 e. The van der Waals surface area contributed by atoms with Crippen molar-refractivity contribution in [2.45, 2.75) is 39.2 Å². The van der Waals surface area contributed by atoms with Gasteiger partial charge in [-0.05, 0) is 65.4 Å². The summed E-state index contributed by atoms with van der Waals surface area (Å²) in [7, 11) is 1.70. The van der Waals surface area contributed by atoms with Crippen LogP contribution in [0.5, 0.6) is 11.5 Å². The number of halogens is 1. The van der Waals surface area contributed by atoms with Gasteiger partial charge in [-0.25, -0.2) is 0 Å². The molecule has 0 saturated heterocycles. The minimum Gasteiger partial charge on any atom is -0.493 e. The Morgan fingerprint density at radius 2 is 2.15 bits per heavy atom. The molecular formula is C16H24BrNO2. The molecule has 4 heteroatoms. The van der Waals surface area contributed by atoms with E-state index in [9.17, 15) is 0 Å². The van der Waals surface area contributed by atoms with Crippen LogP contribution >= 0.6 is 15.9 Å². The van der Waals surface area contributed by atoms with Crippen LogP contribution in [0.1, 0.15) is 38.2 Å². The molecule has 1 aromatic rings. The number of rotatable bonds is 8. The summed E-state index contributed by atoms with van der Waals surface area (Å²) in [5.41, 5.74) is 1.21. The van der Waals surface area contributed by atoms with Crippen molar-refractivity contribution < 1.29 is 9.47 Å². The lowest BCUT2D eigenvalue weighted by molar-refractivity contribution is 0.175. The normalized spacial score (nSPS) is 14.9. The van der Waals surface area contributed by atoms with Gasteiger partial charge in [-0.3, -0.25) is 0 Å². The lowest BCUT2D eigenvalue weighted by Gasteiger charge is -2.26. The van der Waals surface area contributed by atoms with Gasteiger partial charge in [-0.2, -0.15) is 0 Å². The Morgan fingerprint density at radius 1 is 1.35 bits per heavy atom. The second-order valence-electron chi connectivity index (χ2n) is 5.39. The fraction of sp³-hybridized carbons (Fsp3) is 0.625. The molecule has 1 N–H and O–H groups in total. The number of hydrogen-bond acceptors (Lipinski definition) is 3. The SMILES string of the molecule is CCCNCc1cc(Br)c(OCC2CCC2)c(OC)c1. The van der Waals surface area contributed by atoms with E-state index in [2.05, 4.69) is 40.3 Å². The molecule has 3 nitrogen and oxygen atoms in total. The van der Waals surface area contributed by atoms with Crippen molar-refractivity contribution in [2.75, 3.05) is 20.3 Å². The maximum atomic E-state index is 5.95. The quantitative estimate of drug-likeness (QED) is 0.721. The monoisotopic (exact) mass is 341 g/mol. The molecule has 1 aromatic carbocycles. The number of benzene rings is 1. The molecule has 0 aromatic heterocycles. The number of nitrogens with one attached hydrogen (secondary N) is 1. The first kappa shape index (κ1) is 15.6. The molecule has 0 amide bonds. The molecule has 0 bridgehead atoms. The van der Waals surface area contributed by atoms with Crippen molar-refractivity contribution in [3.05, 3.63) is 22.2 Å². The van der Waals surface area contributed by atoms with E-state index in [-0.39, 0.29) is 0 Å². The van der Waals surface area contributed by atoms with Crippen LogP contribution < -0.4 is 14.8 Å². The van der Waals surface area contributed by atoms with Crippen LogP contribution in [-0.4, -0.2) is 20.3 Å². The van der Waals surface area contributed by atoms with Crippen LogP contribution in [0.2, 0.25) is 0 Å². The summed E-state index contributed by atoms with van der Waals surface area (Å²) in [5, 5.41) is 3.40. The molecule has 2 rings (SSSR count). The summed E-state index contributed by atoms with van der Waals surface area (Å²) in [6, 6.07) is 4.17. The molecule has 0 aliphatic heterocycles. The molecule has 0 heterocycles. The van der Waals surface area contributed by atoms with Gasteiger partial charge in [0, 0.05) is 6.54 Å². The molecule has 112 valence electrons. The van der Waals surface area contributed by atoms with Gasteiger partial charge in [0.25, 0.3) is 0 Å². The van der Waals surface area contributed by atoms with Crippen molar-refractivity contribution in [1.82, 2.24) is 5.32 Å². The molecule has 1 saturated carbocycles. The number of hydrogen-bond donors (Lipinski definition) is 1. The topological polar surface area (TPSA) is 30.5 Å². The van der Waals surface area contributed by atoms with Gasteiger partial charge >= 0.3 is 0 Å². The highest BCUT2D eigenvalue weighted by atomic mass is 79.9. The summed E-state index contributed by atoms with van der Waals surface area (Å²) in [6.07, 6.45) is 5.06. The first-order chi connectivity index (χ1) is 9.74. The third-order valence-electron chi connectivity index (χ3n) is 3.73. The Labute approximate surface area is 130 Å². The van der Waals surface area contributed by atoms with Crippen LogP contribution in [0.25, 0.3) is 0 Å². The third kappa shape index (κ3) is 4.13. The van der Waals surface area contributed by atoms with E-state index in [4.69, 9.17) is 9.47 Å². The Bertz CT molecular complexity index is 433. The molecule has 1 aliphatic rings. The van der Waals surface area contributed by atoms with Gasteiger partial charge in [-0.15, -0.1) is 0 Å². The molecular weight excluding hydrogens is 318 g/mol. The van der Waals surface area contributed by atoms with Crippen molar-refractivity contribution in [3.63, 3.8) is 0 Å². The second kappa shape index (κ2) is 7.89. The standard InChI is InChI=1S/C16H24BrNO2/c1-3-7-18-10-13-8-14(17)16(15(9-13)19-2)20-11-12-5-4-6-12/h8-9,12,18H,3-7,10-11H2,1-2H3. The van der Waals surface area contributed by atoms with Crippen LogP contribution in [0.4, 0.5) is 0 Å². The van der Waals surface area contributed by atoms with Crippen LogP contribution in [-0.2, 0) is 6.54 Å². The van der Waals surface area contributed by atoms with Crippen molar-refractivity contribution in [1.29, 1.82) is 0 Å². The molecule has 0 spiro atoms. The molecule has 0 unspecified atom stereocenters. The third-order valence-corrected chi connectivity index (χ3v) is 4.32. The molecule has 20 heavy (non-hydrogen) atoms. The zero-order chi connectivity index (χ0) is 14.4. The lowest BCUT2D eigenvalue weighted by Crippen LogP contribution is -2.19. The lowest BCUT2D eigenvalue weighted by atomic mass is 9.86. The molecule has 0 radical (unpaired) electrons. The van der Waals surface area contributed by atoms with Crippen molar-refractivity contribution in [3.8, 4) is 11.5 Å². The Kier molecular flexibility index (Phi) is 6.17. The average molecular weight is 342 g/mol. The summed E-state index contributed by atoms with van der Waals surface area (Å²) in [6.45, 7) is 4.84. The molecule has 1 aliphatic carbocycles. The van der Waals surface area contributed by atoms with E-state index in [1.807, 2.05) is 0 Å². The smallest absolute Gasteiger partial charge is 0.175 e. The van der Waals surface area contributed by atoms with E-state index in [0.29, 0.717) is 0 Å². The van der Waals surface area contributed by atoms with E-state index < -0.39 is 0 Å². The van der Waals surface area contributed by atoms with Crippen LogP contribution in [0.3, 0.4) is 0 Å². The van der Waals surface area contributed by atoms with Gasteiger partial charge in [0.15, 0.2) is 11.5 Å². The van der Waals surface area contributed by atoms with Gasteiger partial charge in [-0.1, -0.05) is 13.3 Å². The van der Waals surface area contributed by atoms with E-state index >= 15 is 0 Å². The maximum Gasteiger partial charge on any atom is 0.175 e. The van der Waals surface area contributed by atoms with Crippen molar-refractivity contribution in [2.24, 2.45) is 5.92 Å². The predicted molar refractivity (Wildman–Crippen MR) is 85.5 cm³/mol. The Balaban J connectivity index is 2.02. The summed E-state index contributed by atoms with van der Waals surface area (Å²) >= 11 is 3.61. The average Bonchev–Trinajstić information content (AvgIpc) is 2.39. The highest BCUT2D eigenvalue weighted by Gasteiger charge is 2.20. The zero-order valence-corrected chi connectivity index (χ0v) is 14.0. The second-order valence-corrected chi connectivity index (χ2v) is 6.25. The van der Waals surface area contributed by atoms with Gasteiger partial charge in [0.2, 0.25) is 0 Å². The van der Waals surface area contributed by atoms with E-state index in [0.717, 1.165) is 48.0 Å². The Hall–Kier alpha value is -0.740. The van der Waals surface area contributed by atoms with Crippen LogP contribution in [0, 0.1) is 5.92 Å². The Morgan fingerprint density at radius 3 is 2.75 bits per heavy atom. The van der Waals surface area contributed by atoms with Crippen LogP contribution in [0.15, 0.2) is 16.6 Å². The molecule has 0 atom stereocenters. The van der Waals surface area contributed by atoms with Crippen molar-refractivity contribution >= 4 is 15.9 Å². The van der Waals surface area contributed by atoms with E-state index in [1.54, 1.807) is 7.11 Å². The number of methoxy groups -OCH3 is 1. The fourth-order valence-corrected chi connectivity index (χ4v) is 2.89. The van der Waals surface area contributed by atoms with Gasteiger partial charge in [0.05, 0.1) is 18.2 Å². The first-order valence-corrected chi connectivity index (χ1v) is 8.23. The predicted octanol–water partition coefficient (Wildman–Crippen LogP) is 4.14. The van der Waals surface area contributed by atoms with Gasteiger partial charge in [0.1, 0.15) is 0 Å². The first-order valence-electron chi connectivity index (χ1n) is 7.44. The highest BCUT2D eigenvalue weighted by molar-refractivity contribution is 9.10. The zero-order valence-electron chi connectivity index (χ0n) is 12.4. The van der Waals surface area contributed by atoms with E-state index in [1.165, 1.54) is 24.8 Å². The summed E-state index contributed by atoms with van der Waals surface area (Å²) in [4.78, 5) is 0. The highest BCUT2D eigenvalue weighted by Crippen LogP contribution is 2.38. The molecule has 1 fully saturated rings. The number of ether oxygens (including phenoxy) is 2.